The quantitative estimate of drug-likeness (QED) is 0.820. The number of rotatable bonds is 1. The van der Waals surface area contributed by atoms with Crippen molar-refractivity contribution < 1.29 is 10.3 Å². The van der Waals surface area contributed by atoms with Crippen molar-refractivity contribution in [3.05, 3.63) is 42.0 Å². The van der Waals surface area contributed by atoms with Crippen LogP contribution < -0.4 is 5.73 Å². The van der Waals surface area contributed by atoms with Crippen LogP contribution in [0.25, 0.3) is 6.08 Å². The summed E-state index contributed by atoms with van der Waals surface area (Å²) in [5, 5.41) is 0. The van der Waals surface area contributed by atoms with Crippen molar-refractivity contribution in [3.63, 3.8) is 0 Å². The van der Waals surface area contributed by atoms with E-state index in [-0.39, 0.29) is 5.48 Å². The van der Waals surface area contributed by atoms with Crippen molar-refractivity contribution in [3.8, 4) is 0 Å². The standard InChI is InChI=1S/C9H10.C3H8.CH5N.CH2O.H2O/c1-3-9-6-4-8(2)5-7-9;1-3-2;2*1-2;/h3-7H,1H2,2H3;3H2,1-2H3;2H2,1H3;1H2;1H2. The average molecular weight is 241 g/mol. The normalized spacial score (nSPS) is 6.41. The summed E-state index contributed by atoms with van der Waals surface area (Å²) >= 11 is 0. The Morgan fingerprint density at radius 1 is 1.12 bits per heavy atom. The van der Waals surface area contributed by atoms with Gasteiger partial charge in [-0.3, -0.25) is 0 Å². The molecule has 0 aliphatic heterocycles. The zero-order chi connectivity index (χ0) is 13.4. The summed E-state index contributed by atoms with van der Waals surface area (Å²) < 4.78 is 0. The molecule has 0 amide bonds. The van der Waals surface area contributed by atoms with Crippen molar-refractivity contribution in [2.75, 3.05) is 7.05 Å². The molecule has 0 unspecified atom stereocenters. The summed E-state index contributed by atoms with van der Waals surface area (Å²) in [4.78, 5) is 8.00. The van der Waals surface area contributed by atoms with E-state index in [4.69, 9.17) is 4.79 Å². The maximum atomic E-state index is 8.00. The molecule has 0 spiro atoms. The van der Waals surface area contributed by atoms with Crippen LogP contribution in [-0.2, 0) is 4.79 Å². The Morgan fingerprint density at radius 2 is 1.41 bits per heavy atom. The lowest BCUT2D eigenvalue weighted by Gasteiger charge is -1.91. The Balaban J connectivity index is -0.0000000911. The zero-order valence-electron chi connectivity index (χ0n) is 11.5. The Hall–Kier alpha value is -1.45. The summed E-state index contributed by atoms with van der Waals surface area (Å²) in [5.74, 6) is 0. The van der Waals surface area contributed by atoms with Crippen LogP contribution in [0.15, 0.2) is 30.8 Å². The molecular formula is C14H27NO2. The van der Waals surface area contributed by atoms with Gasteiger partial charge in [0, 0.05) is 0 Å². The highest BCUT2D eigenvalue weighted by Gasteiger charge is 1.82. The third-order valence-corrected chi connectivity index (χ3v) is 1.31. The predicted octanol–water partition coefficient (Wildman–Crippen LogP) is 2.62. The van der Waals surface area contributed by atoms with Gasteiger partial charge in [0.2, 0.25) is 0 Å². The minimum Gasteiger partial charge on any atom is -0.412 e. The molecule has 3 heteroatoms. The van der Waals surface area contributed by atoms with Gasteiger partial charge in [0.1, 0.15) is 6.79 Å². The molecule has 1 rings (SSSR count). The Labute approximate surface area is 106 Å². The van der Waals surface area contributed by atoms with E-state index in [0.29, 0.717) is 0 Å². The number of carbonyl (C=O) groups is 1. The highest BCUT2D eigenvalue weighted by molar-refractivity contribution is 5.46. The van der Waals surface area contributed by atoms with Gasteiger partial charge in [0.25, 0.3) is 0 Å². The molecule has 17 heavy (non-hydrogen) atoms. The van der Waals surface area contributed by atoms with Gasteiger partial charge in [-0.1, -0.05) is 62.8 Å². The number of aryl methyl sites for hydroxylation is 1. The summed E-state index contributed by atoms with van der Waals surface area (Å²) in [6.07, 6.45) is 3.10. The van der Waals surface area contributed by atoms with Crippen molar-refractivity contribution in [2.24, 2.45) is 5.73 Å². The molecule has 0 aromatic heterocycles. The molecule has 0 aliphatic rings. The van der Waals surface area contributed by atoms with Crippen molar-refractivity contribution in [1.82, 2.24) is 0 Å². The average Bonchev–Trinajstić information content (AvgIpc) is 2.36. The topological polar surface area (TPSA) is 74.6 Å². The maximum Gasteiger partial charge on any atom is 0.106 e. The van der Waals surface area contributed by atoms with Crippen LogP contribution in [0.1, 0.15) is 31.4 Å². The van der Waals surface area contributed by atoms with E-state index in [1.165, 1.54) is 24.6 Å². The SMILES string of the molecule is C=Cc1ccc(C)cc1.C=O.CCC.CN.O. The first-order valence-corrected chi connectivity index (χ1v) is 5.30. The number of hydrogen-bond acceptors (Lipinski definition) is 2. The van der Waals surface area contributed by atoms with Crippen LogP contribution in [0.2, 0.25) is 0 Å². The number of benzene rings is 1. The highest BCUT2D eigenvalue weighted by atomic mass is 16.1. The summed E-state index contributed by atoms with van der Waals surface area (Å²) in [5.41, 5.74) is 6.97. The number of hydrogen-bond donors (Lipinski definition) is 1. The van der Waals surface area contributed by atoms with Crippen LogP contribution in [0, 0.1) is 6.92 Å². The molecule has 1 aromatic carbocycles. The summed E-state index contributed by atoms with van der Waals surface area (Å²) in [6.45, 7) is 12.0. The van der Waals surface area contributed by atoms with Crippen LogP contribution >= 0.6 is 0 Å². The fourth-order valence-electron chi connectivity index (χ4n) is 0.703. The van der Waals surface area contributed by atoms with Crippen molar-refractivity contribution in [1.29, 1.82) is 0 Å². The van der Waals surface area contributed by atoms with Gasteiger partial charge in [0.05, 0.1) is 0 Å². The lowest BCUT2D eigenvalue weighted by Crippen LogP contribution is -1.71. The van der Waals surface area contributed by atoms with E-state index < -0.39 is 0 Å². The van der Waals surface area contributed by atoms with Gasteiger partial charge in [-0.2, -0.15) is 0 Å². The van der Waals surface area contributed by atoms with Crippen LogP contribution in [0.5, 0.6) is 0 Å². The molecule has 0 saturated heterocycles. The molecule has 0 heterocycles. The highest BCUT2D eigenvalue weighted by Crippen LogP contribution is 2.02. The fraction of sp³-hybridized carbons (Fsp3) is 0.357. The van der Waals surface area contributed by atoms with Gasteiger partial charge in [0.15, 0.2) is 0 Å². The number of nitrogens with two attached hydrogens (primary N) is 1. The molecule has 0 bridgehead atoms. The minimum absolute atomic E-state index is 0. The van der Waals surface area contributed by atoms with Crippen LogP contribution in [0.3, 0.4) is 0 Å². The predicted molar refractivity (Wildman–Crippen MR) is 78.1 cm³/mol. The second-order valence-corrected chi connectivity index (χ2v) is 2.82. The zero-order valence-corrected chi connectivity index (χ0v) is 11.5. The summed E-state index contributed by atoms with van der Waals surface area (Å²) in [7, 11) is 1.50. The van der Waals surface area contributed by atoms with Crippen LogP contribution in [-0.4, -0.2) is 19.3 Å². The second-order valence-electron chi connectivity index (χ2n) is 2.82. The van der Waals surface area contributed by atoms with Gasteiger partial charge in [-0.05, 0) is 19.5 Å². The lowest BCUT2D eigenvalue weighted by molar-refractivity contribution is -0.0979. The van der Waals surface area contributed by atoms with Gasteiger partial charge < -0.3 is 16.0 Å². The number of carbonyl (C=O) groups excluding carboxylic acids is 1. The lowest BCUT2D eigenvalue weighted by atomic mass is 10.2. The van der Waals surface area contributed by atoms with E-state index in [9.17, 15) is 0 Å². The van der Waals surface area contributed by atoms with E-state index in [1.807, 2.05) is 12.9 Å². The third kappa shape index (κ3) is 20.6. The molecule has 0 saturated carbocycles. The molecule has 0 aliphatic carbocycles. The van der Waals surface area contributed by atoms with E-state index in [1.54, 1.807) is 0 Å². The first-order valence-electron chi connectivity index (χ1n) is 5.30. The molecule has 3 nitrogen and oxygen atoms in total. The summed E-state index contributed by atoms with van der Waals surface area (Å²) in [6, 6.07) is 8.28. The smallest absolute Gasteiger partial charge is 0.106 e. The first-order chi connectivity index (χ1) is 7.74. The molecule has 0 radical (unpaired) electrons. The Kier molecular flexibility index (Phi) is 34.8. The molecular weight excluding hydrogens is 214 g/mol. The largest absolute Gasteiger partial charge is 0.412 e. The molecule has 0 atom stereocenters. The molecule has 4 N–H and O–H groups in total. The Bertz CT molecular complexity index is 232. The maximum absolute atomic E-state index is 8.00. The van der Waals surface area contributed by atoms with E-state index >= 15 is 0 Å². The Morgan fingerprint density at radius 3 is 1.65 bits per heavy atom. The van der Waals surface area contributed by atoms with Crippen molar-refractivity contribution >= 4 is 12.9 Å². The van der Waals surface area contributed by atoms with Crippen molar-refractivity contribution in [2.45, 2.75) is 27.2 Å². The van der Waals surface area contributed by atoms with E-state index in [2.05, 4.69) is 57.3 Å². The van der Waals surface area contributed by atoms with Gasteiger partial charge in [-0.25, -0.2) is 0 Å². The fourth-order valence-corrected chi connectivity index (χ4v) is 0.703. The first kappa shape index (κ1) is 24.7. The van der Waals surface area contributed by atoms with E-state index in [0.717, 1.165) is 0 Å². The molecule has 0 fully saturated rings. The second kappa shape index (κ2) is 24.0. The molecule has 1 aromatic rings. The monoisotopic (exact) mass is 241 g/mol. The van der Waals surface area contributed by atoms with Crippen LogP contribution in [0.4, 0.5) is 0 Å². The molecule has 100 valence electrons. The minimum atomic E-state index is 0. The van der Waals surface area contributed by atoms with Gasteiger partial charge in [-0.15, -0.1) is 0 Å². The third-order valence-electron chi connectivity index (χ3n) is 1.31. The van der Waals surface area contributed by atoms with Gasteiger partial charge >= 0.3 is 0 Å².